The molecule has 0 spiro atoms. The molecule has 18 heavy (non-hydrogen) atoms. The second-order valence-electron chi connectivity index (χ2n) is 5.59. The van der Waals surface area contributed by atoms with Gasteiger partial charge in [-0.05, 0) is 40.5 Å². The van der Waals surface area contributed by atoms with Crippen LogP contribution in [0.3, 0.4) is 0 Å². The summed E-state index contributed by atoms with van der Waals surface area (Å²) in [5, 5.41) is 8.82. The molecule has 1 aliphatic heterocycles. The van der Waals surface area contributed by atoms with Crippen molar-refractivity contribution in [3.63, 3.8) is 0 Å². The van der Waals surface area contributed by atoms with Gasteiger partial charge in [0.15, 0.2) is 6.10 Å². The number of carboxylic acids is 1. The van der Waals surface area contributed by atoms with Gasteiger partial charge in [0, 0.05) is 0 Å². The average Bonchev–Trinajstić information content (AvgIpc) is 2.73. The monoisotopic (exact) mass is 260 g/mol. The van der Waals surface area contributed by atoms with Crippen LogP contribution >= 0.6 is 0 Å². The summed E-state index contributed by atoms with van der Waals surface area (Å²) in [6, 6.07) is 0. The molecule has 2 atom stereocenters. The quantitative estimate of drug-likeness (QED) is 0.756. The lowest BCUT2D eigenvalue weighted by atomic mass is 10.1. The third-order valence-electron chi connectivity index (χ3n) is 2.81. The minimum Gasteiger partial charge on any atom is -0.479 e. The van der Waals surface area contributed by atoms with Gasteiger partial charge in [-0.15, -0.1) is 0 Å². The minimum absolute atomic E-state index is 0.121. The van der Waals surface area contributed by atoms with E-state index in [-0.39, 0.29) is 17.8 Å². The molecular formula is C13H24O5. The molecule has 1 aliphatic rings. The molecule has 0 radical (unpaired) electrons. The van der Waals surface area contributed by atoms with Crippen molar-refractivity contribution >= 4 is 5.97 Å². The van der Waals surface area contributed by atoms with Gasteiger partial charge in [0.05, 0.1) is 31.0 Å². The molecule has 1 rings (SSSR count). The smallest absolute Gasteiger partial charge is 0.332 e. The summed E-state index contributed by atoms with van der Waals surface area (Å²) in [5.74, 6) is -0.889. The van der Waals surface area contributed by atoms with Crippen molar-refractivity contribution in [3.8, 4) is 0 Å². The van der Waals surface area contributed by atoms with E-state index in [1.54, 1.807) is 0 Å². The maximum absolute atomic E-state index is 10.7. The maximum Gasteiger partial charge on any atom is 0.332 e. The van der Waals surface area contributed by atoms with Crippen LogP contribution in [0.1, 0.15) is 40.5 Å². The first-order valence-electron chi connectivity index (χ1n) is 6.44. The summed E-state index contributed by atoms with van der Waals surface area (Å²) in [6.07, 6.45) is 0.676. The first-order chi connectivity index (χ1) is 8.30. The number of hydrogen-bond donors (Lipinski definition) is 1. The summed E-state index contributed by atoms with van der Waals surface area (Å²) in [7, 11) is 0. The van der Waals surface area contributed by atoms with Crippen LogP contribution in [0.15, 0.2) is 0 Å². The summed E-state index contributed by atoms with van der Waals surface area (Å²) in [5.41, 5.74) is -0.380. The molecule has 0 aromatic rings. The SMILES string of the molecule is CC(C)OCC(C)(C)OCC1CCC(C(=O)O)O1. The van der Waals surface area contributed by atoms with Crippen LogP contribution in [-0.4, -0.2) is 48.2 Å². The molecule has 0 aromatic carbocycles. The molecule has 0 bridgehead atoms. The fourth-order valence-corrected chi connectivity index (χ4v) is 1.74. The number of rotatable bonds is 7. The highest BCUT2D eigenvalue weighted by Crippen LogP contribution is 2.22. The predicted molar refractivity (Wildman–Crippen MR) is 66.6 cm³/mol. The van der Waals surface area contributed by atoms with Gasteiger partial charge in [-0.3, -0.25) is 0 Å². The molecule has 0 aromatic heterocycles. The van der Waals surface area contributed by atoms with Crippen molar-refractivity contribution in [2.45, 2.75) is 64.4 Å². The molecule has 1 saturated heterocycles. The topological polar surface area (TPSA) is 65.0 Å². The fourth-order valence-electron chi connectivity index (χ4n) is 1.74. The zero-order valence-corrected chi connectivity index (χ0v) is 11.6. The molecule has 0 saturated carbocycles. The molecule has 5 heteroatoms. The number of aliphatic carboxylic acids is 1. The van der Waals surface area contributed by atoms with Crippen molar-refractivity contribution in [2.24, 2.45) is 0 Å². The van der Waals surface area contributed by atoms with Gasteiger partial charge in [-0.1, -0.05) is 0 Å². The van der Waals surface area contributed by atoms with E-state index in [2.05, 4.69) is 0 Å². The van der Waals surface area contributed by atoms with E-state index >= 15 is 0 Å². The molecular weight excluding hydrogens is 236 g/mol. The summed E-state index contributed by atoms with van der Waals surface area (Å²) >= 11 is 0. The Kier molecular flexibility index (Phi) is 5.56. The fraction of sp³-hybridized carbons (Fsp3) is 0.923. The van der Waals surface area contributed by atoms with Crippen LogP contribution < -0.4 is 0 Å². The van der Waals surface area contributed by atoms with E-state index in [0.29, 0.717) is 19.6 Å². The van der Waals surface area contributed by atoms with Gasteiger partial charge in [0.1, 0.15) is 0 Å². The van der Waals surface area contributed by atoms with E-state index in [4.69, 9.17) is 19.3 Å². The zero-order chi connectivity index (χ0) is 13.8. The van der Waals surface area contributed by atoms with Crippen LogP contribution in [0.2, 0.25) is 0 Å². The molecule has 2 unspecified atom stereocenters. The summed E-state index contributed by atoms with van der Waals surface area (Å²) < 4.78 is 16.6. The van der Waals surface area contributed by atoms with Crippen LogP contribution in [-0.2, 0) is 19.0 Å². The van der Waals surface area contributed by atoms with Crippen LogP contribution in [0.5, 0.6) is 0 Å². The van der Waals surface area contributed by atoms with Crippen molar-refractivity contribution in [2.75, 3.05) is 13.2 Å². The highest BCUT2D eigenvalue weighted by Gasteiger charge is 2.32. The Morgan fingerprint density at radius 1 is 1.44 bits per heavy atom. The first-order valence-corrected chi connectivity index (χ1v) is 6.44. The van der Waals surface area contributed by atoms with E-state index < -0.39 is 12.1 Å². The molecule has 0 amide bonds. The van der Waals surface area contributed by atoms with E-state index in [9.17, 15) is 4.79 Å². The van der Waals surface area contributed by atoms with Crippen LogP contribution in [0.25, 0.3) is 0 Å². The number of carboxylic acid groups (broad SMARTS) is 1. The van der Waals surface area contributed by atoms with Gasteiger partial charge in [-0.25, -0.2) is 4.79 Å². The lowest BCUT2D eigenvalue weighted by Crippen LogP contribution is -2.35. The Morgan fingerprint density at radius 3 is 2.61 bits per heavy atom. The Morgan fingerprint density at radius 2 is 2.11 bits per heavy atom. The lowest BCUT2D eigenvalue weighted by Gasteiger charge is -2.27. The van der Waals surface area contributed by atoms with Crippen LogP contribution in [0.4, 0.5) is 0 Å². The van der Waals surface area contributed by atoms with Crippen molar-refractivity contribution in [3.05, 3.63) is 0 Å². The summed E-state index contributed by atoms with van der Waals surface area (Å²) in [6.45, 7) is 8.80. The number of hydrogen-bond acceptors (Lipinski definition) is 4. The number of ether oxygens (including phenoxy) is 3. The van der Waals surface area contributed by atoms with Gasteiger partial charge >= 0.3 is 5.97 Å². The normalized spacial score (nSPS) is 24.7. The third-order valence-corrected chi connectivity index (χ3v) is 2.81. The predicted octanol–water partition coefficient (Wildman–Crippen LogP) is 1.84. The lowest BCUT2D eigenvalue weighted by molar-refractivity contribution is -0.154. The standard InChI is InChI=1S/C13H24O5/c1-9(2)16-8-13(3,4)17-7-10-5-6-11(18-10)12(14)15/h9-11H,5-8H2,1-4H3,(H,14,15). The Hall–Kier alpha value is -0.650. The van der Waals surface area contributed by atoms with Crippen molar-refractivity contribution < 1.29 is 24.1 Å². The Labute approximate surface area is 108 Å². The van der Waals surface area contributed by atoms with Gasteiger partial charge < -0.3 is 19.3 Å². The van der Waals surface area contributed by atoms with Gasteiger partial charge in [0.25, 0.3) is 0 Å². The van der Waals surface area contributed by atoms with Gasteiger partial charge in [-0.2, -0.15) is 0 Å². The highest BCUT2D eigenvalue weighted by atomic mass is 16.6. The minimum atomic E-state index is -0.889. The molecule has 1 N–H and O–H groups in total. The van der Waals surface area contributed by atoms with Crippen LogP contribution in [0, 0.1) is 0 Å². The Balaban J connectivity index is 2.26. The Bertz CT molecular complexity index is 275. The second-order valence-corrected chi connectivity index (χ2v) is 5.59. The van der Waals surface area contributed by atoms with Crippen molar-refractivity contribution in [1.82, 2.24) is 0 Å². The van der Waals surface area contributed by atoms with Gasteiger partial charge in [0.2, 0.25) is 0 Å². The largest absolute Gasteiger partial charge is 0.479 e. The second kappa shape index (κ2) is 6.50. The molecule has 5 nitrogen and oxygen atoms in total. The molecule has 1 heterocycles. The molecule has 106 valence electrons. The van der Waals surface area contributed by atoms with E-state index in [1.807, 2.05) is 27.7 Å². The zero-order valence-electron chi connectivity index (χ0n) is 11.6. The van der Waals surface area contributed by atoms with E-state index in [0.717, 1.165) is 6.42 Å². The summed E-state index contributed by atoms with van der Waals surface area (Å²) in [4.78, 5) is 10.7. The third kappa shape index (κ3) is 5.33. The highest BCUT2D eigenvalue weighted by molar-refractivity contribution is 5.72. The molecule has 0 aliphatic carbocycles. The average molecular weight is 260 g/mol. The van der Waals surface area contributed by atoms with E-state index in [1.165, 1.54) is 0 Å². The van der Waals surface area contributed by atoms with Crippen molar-refractivity contribution in [1.29, 1.82) is 0 Å². The maximum atomic E-state index is 10.7. The molecule has 1 fully saturated rings. The number of carbonyl (C=O) groups is 1. The first kappa shape index (κ1) is 15.4.